The Hall–Kier alpha value is -0.610. The van der Waals surface area contributed by atoms with Gasteiger partial charge in [-0.05, 0) is 12.8 Å². The van der Waals surface area contributed by atoms with Gasteiger partial charge in [-0.15, -0.1) is 0 Å². The second-order valence-corrected chi connectivity index (χ2v) is 3.68. The molecule has 0 aromatic rings. The van der Waals surface area contributed by atoms with Crippen molar-refractivity contribution in [3.63, 3.8) is 0 Å². The van der Waals surface area contributed by atoms with Crippen LogP contribution in [0.25, 0.3) is 0 Å². The summed E-state index contributed by atoms with van der Waals surface area (Å²) < 4.78 is 11.1. The maximum atomic E-state index is 11.1. The summed E-state index contributed by atoms with van der Waals surface area (Å²) in [5.74, 6) is 0.131. The van der Waals surface area contributed by atoms with E-state index in [9.17, 15) is 4.79 Å². The summed E-state index contributed by atoms with van der Waals surface area (Å²) in [6.07, 6.45) is 2.22. The fraction of sp³-hybridized carbons (Fsp3) is 0.889. The Kier molecular flexibility index (Phi) is 2.51. The summed E-state index contributed by atoms with van der Waals surface area (Å²) in [4.78, 5) is 11.1. The van der Waals surface area contributed by atoms with Gasteiger partial charge in [0.05, 0.1) is 25.4 Å². The molecule has 1 amide bonds. The summed E-state index contributed by atoms with van der Waals surface area (Å²) in [7, 11) is 0. The average molecular weight is 185 g/mol. The van der Waals surface area contributed by atoms with Gasteiger partial charge in [-0.1, -0.05) is 0 Å². The molecule has 0 saturated carbocycles. The van der Waals surface area contributed by atoms with Crippen molar-refractivity contribution in [2.45, 2.75) is 24.9 Å². The van der Waals surface area contributed by atoms with Crippen molar-refractivity contribution in [2.24, 2.45) is 0 Å². The largest absolute Gasteiger partial charge is 0.376 e. The SMILES string of the molecule is O=C1CCC2(CCN1)COCCO2. The molecule has 0 aliphatic carbocycles. The molecule has 2 fully saturated rings. The molecule has 1 unspecified atom stereocenters. The van der Waals surface area contributed by atoms with Crippen molar-refractivity contribution < 1.29 is 14.3 Å². The second-order valence-electron chi connectivity index (χ2n) is 3.68. The number of rotatable bonds is 0. The van der Waals surface area contributed by atoms with E-state index < -0.39 is 0 Å². The van der Waals surface area contributed by atoms with Crippen LogP contribution in [-0.2, 0) is 14.3 Å². The van der Waals surface area contributed by atoms with Crippen LogP contribution in [0.5, 0.6) is 0 Å². The predicted molar refractivity (Wildman–Crippen MR) is 46.4 cm³/mol. The van der Waals surface area contributed by atoms with E-state index in [1.54, 1.807) is 0 Å². The first-order valence-corrected chi connectivity index (χ1v) is 4.79. The molecule has 4 heteroatoms. The molecule has 2 aliphatic heterocycles. The van der Waals surface area contributed by atoms with E-state index in [1.165, 1.54) is 0 Å². The van der Waals surface area contributed by atoms with Gasteiger partial charge in [-0.25, -0.2) is 0 Å². The number of amides is 1. The Bertz CT molecular complexity index is 199. The number of hydrogen-bond acceptors (Lipinski definition) is 3. The minimum Gasteiger partial charge on any atom is -0.376 e. The molecule has 13 heavy (non-hydrogen) atoms. The zero-order valence-electron chi connectivity index (χ0n) is 7.67. The quantitative estimate of drug-likeness (QED) is 0.581. The van der Waals surface area contributed by atoms with Crippen LogP contribution in [0.2, 0.25) is 0 Å². The minimum atomic E-state index is -0.183. The van der Waals surface area contributed by atoms with Crippen LogP contribution in [0, 0.1) is 0 Å². The Labute approximate surface area is 77.6 Å². The maximum absolute atomic E-state index is 11.1. The van der Waals surface area contributed by atoms with Crippen molar-refractivity contribution >= 4 is 5.91 Å². The molecule has 0 aromatic carbocycles. The van der Waals surface area contributed by atoms with Crippen LogP contribution < -0.4 is 5.32 Å². The van der Waals surface area contributed by atoms with Crippen molar-refractivity contribution in [1.29, 1.82) is 0 Å². The molecule has 2 saturated heterocycles. The first kappa shape index (κ1) is 8.97. The van der Waals surface area contributed by atoms with E-state index in [4.69, 9.17) is 9.47 Å². The van der Waals surface area contributed by atoms with E-state index in [2.05, 4.69) is 5.32 Å². The van der Waals surface area contributed by atoms with Crippen LogP contribution in [-0.4, -0.2) is 37.9 Å². The van der Waals surface area contributed by atoms with Gasteiger partial charge in [0.1, 0.15) is 0 Å². The van der Waals surface area contributed by atoms with Gasteiger partial charge in [0.15, 0.2) is 0 Å². The van der Waals surface area contributed by atoms with Crippen molar-refractivity contribution in [3.8, 4) is 0 Å². The highest BCUT2D eigenvalue weighted by Crippen LogP contribution is 2.27. The Morgan fingerprint density at radius 2 is 2.23 bits per heavy atom. The van der Waals surface area contributed by atoms with Crippen LogP contribution in [0.4, 0.5) is 0 Å². The Morgan fingerprint density at radius 3 is 3.00 bits per heavy atom. The molecule has 2 rings (SSSR count). The molecular weight excluding hydrogens is 170 g/mol. The molecule has 0 aromatic heterocycles. The van der Waals surface area contributed by atoms with Gasteiger partial charge in [-0.2, -0.15) is 0 Å². The molecule has 0 bridgehead atoms. The maximum Gasteiger partial charge on any atom is 0.220 e. The number of carbonyl (C=O) groups excluding carboxylic acids is 1. The smallest absolute Gasteiger partial charge is 0.220 e. The first-order valence-electron chi connectivity index (χ1n) is 4.79. The van der Waals surface area contributed by atoms with E-state index in [-0.39, 0.29) is 11.5 Å². The molecule has 2 heterocycles. The topological polar surface area (TPSA) is 47.6 Å². The molecule has 1 atom stereocenters. The lowest BCUT2D eigenvalue weighted by atomic mass is 9.95. The standard InChI is InChI=1S/C9H15NO3/c11-8-1-2-9(3-4-10-8)7-12-5-6-13-9/h1-7H2,(H,10,11). The minimum absolute atomic E-state index is 0.131. The van der Waals surface area contributed by atoms with Crippen LogP contribution in [0.15, 0.2) is 0 Å². The zero-order chi connectivity index (χ0) is 9.15. The van der Waals surface area contributed by atoms with E-state index in [0.717, 1.165) is 12.8 Å². The highest BCUT2D eigenvalue weighted by molar-refractivity contribution is 5.76. The normalized spacial score (nSPS) is 35.5. The molecule has 2 aliphatic rings. The third kappa shape index (κ3) is 2.00. The van der Waals surface area contributed by atoms with Crippen molar-refractivity contribution in [3.05, 3.63) is 0 Å². The zero-order valence-corrected chi connectivity index (χ0v) is 7.67. The van der Waals surface area contributed by atoms with Crippen LogP contribution in [0.1, 0.15) is 19.3 Å². The number of nitrogens with one attached hydrogen (secondary N) is 1. The fourth-order valence-corrected chi connectivity index (χ4v) is 1.89. The van der Waals surface area contributed by atoms with E-state index >= 15 is 0 Å². The number of carbonyl (C=O) groups is 1. The summed E-state index contributed by atoms with van der Waals surface area (Å²) >= 11 is 0. The van der Waals surface area contributed by atoms with E-state index in [0.29, 0.717) is 32.8 Å². The average Bonchev–Trinajstić information content (AvgIpc) is 2.32. The Morgan fingerprint density at radius 1 is 1.31 bits per heavy atom. The first-order chi connectivity index (χ1) is 6.31. The van der Waals surface area contributed by atoms with Gasteiger partial charge >= 0.3 is 0 Å². The summed E-state index contributed by atoms with van der Waals surface area (Å²) in [6.45, 7) is 2.70. The van der Waals surface area contributed by atoms with Gasteiger partial charge in [0, 0.05) is 13.0 Å². The third-order valence-electron chi connectivity index (χ3n) is 2.71. The molecule has 74 valence electrons. The molecular formula is C9H15NO3. The third-order valence-corrected chi connectivity index (χ3v) is 2.71. The van der Waals surface area contributed by atoms with Gasteiger partial charge in [0.25, 0.3) is 0 Å². The van der Waals surface area contributed by atoms with E-state index in [1.807, 2.05) is 0 Å². The number of hydrogen-bond donors (Lipinski definition) is 1. The van der Waals surface area contributed by atoms with Gasteiger partial charge < -0.3 is 14.8 Å². The summed E-state index contributed by atoms with van der Waals surface area (Å²) in [5.41, 5.74) is -0.183. The lowest BCUT2D eigenvalue weighted by Gasteiger charge is -2.35. The highest BCUT2D eigenvalue weighted by atomic mass is 16.6. The molecule has 1 N–H and O–H groups in total. The lowest BCUT2D eigenvalue weighted by Crippen LogP contribution is -2.43. The van der Waals surface area contributed by atoms with Crippen molar-refractivity contribution in [2.75, 3.05) is 26.4 Å². The second kappa shape index (κ2) is 3.64. The predicted octanol–water partition coefficient (Wildman–Crippen LogP) is 0.0721. The monoisotopic (exact) mass is 185 g/mol. The summed E-state index contributed by atoms with van der Waals surface area (Å²) in [5, 5.41) is 2.84. The molecule has 4 nitrogen and oxygen atoms in total. The summed E-state index contributed by atoms with van der Waals surface area (Å²) in [6, 6.07) is 0. The van der Waals surface area contributed by atoms with Gasteiger partial charge in [-0.3, -0.25) is 4.79 Å². The molecule has 1 spiro atoms. The number of ether oxygens (including phenoxy) is 2. The molecule has 0 radical (unpaired) electrons. The fourth-order valence-electron chi connectivity index (χ4n) is 1.89. The van der Waals surface area contributed by atoms with Crippen LogP contribution >= 0.6 is 0 Å². The Balaban J connectivity index is 1.99. The van der Waals surface area contributed by atoms with Gasteiger partial charge in [0.2, 0.25) is 5.91 Å². The van der Waals surface area contributed by atoms with Crippen molar-refractivity contribution in [1.82, 2.24) is 5.32 Å². The van der Waals surface area contributed by atoms with Crippen LogP contribution in [0.3, 0.4) is 0 Å². The lowest BCUT2D eigenvalue weighted by molar-refractivity contribution is -0.162. The highest BCUT2D eigenvalue weighted by Gasteiger charge is 2.35.